The van der Waals surface area contributed by atoms with E-state index in [0.29, 0.717) is 0 Å². The van der Waals surface area contributed by atoms with Crippen molar-refractivity contribution in [3.05, 3.63) is 91.0 Å². The second-order valence-electron chi connectivity index (χ2n) is 7.74. The highest BCUT2D eigenvalue weighted by Gasteiger charge is 2.19. The summed E-state index contributed by atoms with van der Waals surface area (Å²) in [5.74, 6) is 1.72. The first kappa shape index (κ1) is 17.8. The Hall–Kier alpha value is -3.98. The highest BCUT2D eigenvalue weighted by atomic mass is 16.5. The van der Waals surface area contributed by atoms with E-state index in [2.05, 4.69) is 89.5 Å². The molecule has 0 N–H and O–H groups in total. The Labute approximate surface area is 180 Å². The van der Waals surface area contributed by atoms with Gasteiger partial charge in [0, 0.05) is 33.7 Å². The van der Waals surface area contributed by atoms with Crippen molar-refractivity contribution < 1.29 is 9.47 Å². The molecule has 0 amide bonds. The first-order chi connectivity index (χ1) is 15.3. The van der Waals surface area contributed by atoms with Crippen LogP contribution in [0.3, 0.4) is 0 Å². The van der Waals surface area contributed by atoms with Crippen molar-refractivity contribution in [2.24, 2.45) is 0 Å². The van der Waals surface area contributed by atoms with Gasteiger partial charge in [-0.15, -0.1) is 0 Å². The van der Waals surface area contributed by atoms with Gasteiger partial charge in [-0.1, -0.05) is 60.7 Å². The number of rotatable bonds is 3. The van der Waals surface area contributed by atoms with Crippen molar-refractivity contribution in [2.75, 3.05) is 14.2 Å². The molecule has 31 heavy (non-hydrogen) atoms. The van der Waals surface area contributed by atoms with E-state index in [4.69, 9.17) is 9.47 Å². The van der Waals surface area contributed by atoms with Gasteiger partial charge in [0.15, 0.2) is 0 Å². The fourth-order valence-corrected chi connectivity index (χ4v) is 4.78. The maximum absolute atomic E-state index is 5.82. The Morgan fingerprint density at radius 2 is 1.32 bits per heavy atom. The summed E-state index contributed by atoms with van der Waals surface area (Å²) < 4.78 is 13.7. The third kappa shape index (κ3) is 2.53. The lowest BCUT2D eigenvalue weighted by Gasteiger charge is -2.13. The molecule has 0 radical (unpaired) electrons. The number of fused-ring (bicyclic) bond motifs is 6. The number of hydrogen-bond acceptors (Lipinski definition) is 2. The minimum absolute atomic E-state index is 0.841. The third-order valence-electron chi connectivity index (χ3n) is 6.17. The molecule has 5 aromatic carbocycles. The van der Waals surface area contributed by atoms with Crippen LogP contribution in [0.2, 0.25) is 0 Å². The molecule has 0 fully saturated rings. The van der Waals surface area contributed by atoms with E-state index in [1.54, 1.807) is 14.2 Å². The first-order valence-electron chi connectivity index (χ1n) is 10.4. The minimum Gasteiger partial charge on any atom is -0.497 e. The highest BCUT2D eigenvalue weighted by molar-refractivity contribution is 6.23. The van der Waals surface area contributed by atoms with E-state index in [0.717, 1.165) is 33.6 Å². The van der Waals surface area contributed by atoms with Gasteiger partial charge >= 0.3 is 0 Å². The van der Waals surface area contributed by atoms with Crippen LogP contribution < -0.4 is 9.47 Å². The van der Waals surface area contributed by atoms with Crippen molar-refractivity contribution in [1.29, 1.82) is 0 Å². The summed E-state index contributed by atoms with van der Waals surface area (Å²) in [6, 6.07) is 31.9. The number of methoxy groups -OCH3 is 2. The van der Waals surface area contributed by atoms with Crippen molar-refractivity contribution in [2.45, 2.75) is 0 Å². The summed E-state index contributed by atoms with van der Waals surface area (Å²) >= 11 is 0. The van der Waals surface area contributed by atoms with Crippen molar-refractivity contribution in [3.63, 3.8) is 0 Å². The number of hydrogen-bond donors (Lipinski definition) is 0. The van der Waals surface area contributed by atoms with Crippen molar-refractivity contribution in [1.82, 2.24) is 4.57 Å². The summed E-state index contributed by atoms with van der Waals surface area (Å²) in [5, 5.41) is 7.14. The van der Waals surface area contributed by atoms with Crippen LogP contribution in [-0.2, 0) is 0 Å². The van der Waals surface area contributed by atoms with Crippen LogP contribution in [-0.4, -0.2) is 18.8 Å². The van der Waals surface area contributed by atoms with Gasteiger partial charge in [-0.3, -0.25) is 0 Å². The quantitative estimate of drug-likeness (QED) is 0.314. The molecule has 0 aliphatic heterocycles. The van der Waals surface area contributed by atoms with Gasteiger partial charge in [0.05, 0.1) is 30.9 Å². The standard InChI is InChI=1S/C28H21NO2/c1-30-19-14-15-23-25(16-19)29(24-13-7-9-18-8-3-4-10-20(18)24)26-17-27(31-2)21-11-5-6-12-22(21)28(23)26/h3-17H,1-2H3. The molecule has 0 aliphatic carbocycles. The fourth-order valence-electron chi connectivity index (χ4n) is 4.78. The largest absolute Gasteiger partial charge is 0.497 e. The SMILES string of the molecule is COc1ccc2c3c4ccccc4c(OC)cc3n(-c3cccc4ccccc34)c2c1. The van der Waals surface area contributed by atoms with E-state index < -0.39 is 0 Å². The summed E-state index contributed by atoms with van der Waals surface area (Å²) in [6.45, 7) is 0. The van der Waals surface area contributed by atoms with Crippen LogP contribution in [0.1, 0.15) is 0 Å². The zero-order valence-electron chi connectivity index (χ0n) is 17.4. The normalized spacial score (nSPS) is 11.5. The lowest BCUT2D eigenvalue weighted by atomic mass is 10.0. The molecule has 1 aromatic heterocycles. The van der Waals surface area contributed by atoms with Gasteiger partial charge in [0.2, 0.25) is 0 Å². The number of nitrogens with zero attached hydrogens (tertiary/aromatic N) is 1. The number of aromatic nitrogens is 1. The van der Waals surface area contributed by atoms with Gasteiger partial charge in [-0.2, -0.15) is 0 Å². The smallest absolute Gasteiger partial charge is 0.128 e. The van der Waals surface area contributed by atoms with Gasteiger partial charge in [0.25, 0.3) is 0 Å². The lowest BCUT2D eigenvalue weighted by Crippen LogP contribution is -1.96. The second-order valence-corrected chi connectivity index (χ2v) is 7.74. The molecular weight excluding hydrogens is 382 g/mol. The highest BCUT2D eigenvalue weighted by Crippen LogP contribution is 2.42. The van der Waals surface area contributed by atoms with E-state index >= 15 is 0 Å². The second kappa shape index (κ2) is 6.78. The Kier molecular flexibility index (Phi) is 3.90. The van der Waals surface area contributed by atoms with Crippen LogP contribution in [0.4, 0.5) is 0 Å². The Balaban J connectivity index is 1.89. The monoisotopic (exact) mass is 403 g/mol. The van der Waals surface area contributed by atoms with Crippen LogP contribution in [0.15, 0.2) is 91.0 Å². The topological polar surface area (TPSA) is 23.4 Å². The Bertz CT molecular complexity index is 1610. The van der Waals surface area contributed by atoms with Gasteiger partial charge in [-0.05, 0) is 29.0 Å². The molecule has 0 saturated carbocycles. The average molecular weight is 403 g/mol. The first-order valence-corrected chi connectivity index (χ1v) is 10.4. The zero-order valence-corrected chi connectivity index (χ0v) is 17.4. The molecule has 3 heteroatoms. The van der Waals surface area contributed by atoms with E-state index in [1.807, 2.05) is 6.07 Å². The zero-order chi connectivity index (χ0) is 20.9. The van der Waals surface area contributed by atoms with Crippen molar-refractivity contribution in [3.8, 4) is 17.2 Å². The van der Waals surface area contributed by atoms with Gasteiger partial charge in [-0.25, -0.2) is 0 Å². The molecule has 6 aromatic rings. The van der Waals surface area contributed by atoms with Crippen molar-refractivity contribution >= 4 is 43.4 Å². The van der Waals surface area contributed by atoms with Crippen LogP contribution in [0.5, 0.6) is 11.5 Å². The van der Waals surface area contributed by atoms with E-state index in [1.165, 1.54) is 26.9 Å². The predicted molar refractivity (Wildman–Crippen MR) is 129 cm³/mol. The summed E-state index contributed by atoms with van der Waals surface area (Å²) in [5.41, 5.74) is 3.38. The molecule has 1 heterocycles. The molecule has 6 rings (SSSR count). The molecule has 0 aliphatic rings. The molecular formula is C28H21NO2. The summed E-state index contributed by atoms with van der Waals surface area (Å²) in [4.78, 5) is 0. The van der Waals surface area contributed by atoms with Gasteiger partial charge in [0.1, 0.15) is 11.5 Å². The fraction of sp³-hybridized carbons (Fsp3) is 0.0714. The van der Waals surface area contributed by atoms with Crippen LogP contribution in [0.25, 0.3) is 49.0 Å². The lowest BCUT2D eigenvalue weighted by molar-refractivity contribution is 0.415. The maximum atomic E-state index is 5.82. The number of ether oxygens (including phenoxy) is 2. The Morgan fingerprint density at radius 3 is 2.13 bits per heavy atom. The van der Waals surface area contributed by atoms with Crippen LogP contribution in [0, 0.1) is 0 Å². The minimum atomic E-state index is 0.841. The molecule has 0 unspecified atom stereocenters. The van der Waals surface area contributed by atoms with Crippen LogP contribution >= 0.6 is 0 Å². The van der Waals surface area contributed by atoms with E-state index in [-0.39, 0.29) is 0 Å². The van der Waals surface area contributed by atoms with E-state index in [9.17, 15) is 0 Å². The molecule has 0 bridgehead atoms. The number of benzene rings is 5. The molecule has 3 nitrogen and oxygen atoms in total. The summed E-state index contributed by atoms with van der Waals surface area (Å²) in [7, 11) is 3.45. The average Bonchev–Trinajstić information content (AvgIpc) is 3.16. The molecule has 0 saturated heterocycles. The predicted octanol–water partition coefficient (Wildman–Crippen LogP) is 7.11. The Morgan fingerprint density at radius 1 is 0.581 bits per heavy atom. The molecule has 0 atom stereocenters. The summed E-state index contributed by atoms with van der Waals surface area (Å²) in [6.07, 6.45) is 0. The van der Waals surface area contributed by atoms with Gasteiger partial charge < -0.3 is 14.0 Å². The maximum Gasteiger partial charge on any atom is 0.128 e. The molecule has 150 valence electrons. The third-order valence-corrected chi connectivity index (χ3v) is 6.17. The molecule has 0 spiro atoms.